The molecule has 2 aromatic carbocycles. The van der Waals surface area contributed by atoms with Gasteiger partial charge in [0.1, 0.15) is 22.9 Å². The van der Waals surface area contributed by atoms with Crippen molar-refractivity contribution < 1.29 is 14.3 Å². The van der Waals surface area contributed by atoms with Gasteiger partial charge < -0.3 is 9.47 Å². The van der Waals surface area contributed by atoms with E-state index in [1.807, 2.05) is 58.3 Å². The summed E-state index contributed by atoms with van der Waals surface area (Å²) >= 11 is 1.48. The van der Waals surface area contributed by atoms with Gasteiger partial charge in [0, 0.05) is 16.5 Å². The van der Waals surface area contributed by atoms with Crippen molar-refractivity contribution in [2.45, 2.75) is 0 Å². The van der Waals surface area contributed by atoms with Crippen molar-refractivity contribution in [1.29, 1.82) is 0 Å². The van der Waals surface area contributed by atoms with E-state index in [-0.39, 0.29) is 0 Å². The number of imidazole rings is 1. The lowest BCUT2D eigenvalue weighted by Crippen LogP contribution is -1.96. The van der Waals surface area contributed by atoms with Crippen LogP contribution in [0.4, 0.5) is 0 Å². The molecule has 0 aliphatic carbocycles. The number of para-hydroxylation sites is 2. The molecule has 0 radical (unpaired) electrons. The van der Waals surface area contributed by atoms with Gasteiger partial charge in [-0.25, -0.2) is 4.98 Å². The molecule has 0 aliphatic heterocycles. The number of hydrogen-bond donors (Lipinski definition) is 0. The zero-order valence-electron chi connectivity index (χ0n) is 14.3. The highest BCUT2D eigenvalue weighted by atomic mass is 32.1. The third kappa shape index (κ3) is 2.46. The fourth-order valence-electron chi connectivity index (χ4n) is 3.07. The summed E-state index contributed by atoms with van der Waals surface area (Å²) in [5.74, 6) is 1.43. The topological polar surface area (TPSA) is 52.8 Å². The maximum absolute atomic E-state index is 12.0. The molecule has 4 rings (SSSR count). The van der Waals surface area contributed by atoms with Gasteiger partial charge in [-0.05, 0) is 24.3 Å². The second-order valence-electron chi connectivity index (χ2n) is 5.60. The Hall–Kier alpha value is -3.12. The van der Waals surface area contributed by atoms with E-state index in [2.05, 4.69) is 0 Å². The molecule has 130 valence electrons. The Balaban J connectivity index is 2.00. The summed E-state index contributed by atoms with van der Waals surface area (Å²) in [6.45, 7) is 0. The molecule has 0 bridgehead atoms. The molecule has 5 nitrogen and oxygen atoms in total. The summed E-state index contributed by atoms with van der Waals surface area (Å²) in [6, 6.07) is 15.3. The Morgan fingerprint density at radius 3 is 2.23 bits per heavy atom. The minimum atomic E-state index is 0.492. The number of fused-ring (bicyclic) bond motifs is 1. The Kier molecular flexibility index (Phi) is 4.18. The molecule has 4 aromatic rings. The van der Waals surface area contributed by atoms with E-state index < -0.39 is 0 Å². The number of nitrogens with zero attached hydrogens (tertiary/aromatic N) is 2. The van der Waals surface area contributed by atoms with E-state index in [0.29, 0.717) is 17.1 Å². The van der Waals surface area contributed by atoms with Gasteiger partial charge in [0.15, 0.2) is 11.2 Å². The maximum Gasteiger partial charge on any atom is 0.195 e. The second kappa shape index (κ2) is 6.65. The maximum atomic E-state index is 12.0. The van der Waals surface area contributed by atoms with E-state index >= 15 is 0 Å². The molecule has 0 saturated heterocycles. The molecule has 26 heavy (non-hydrogen) atoms. The summed E-state index contributed by atoms with van der Waals surface area (Å²) in [5.41, 5.74) is 3.68. The minimum Gasteiger partial charge on any atom is -0.496 e. The van der Waals surface area contributed by atoms with Crippen LogP contribution in [0.15, 0.2) is 53.9 Å². The van der Waals surface area contributed by atoms with Gasteiger partial charge in [-0.2, -0.15) is 0 Å². The number of ether oxygens (including phenoxy) is 2. The Morgan fingerprint density at radius 1 is 0.962 bits per heavy atom. The predicted molar refractivity (Wildman–Crippen MR) is 102 cm³/mol. The Bertz CT molecular complexity index is 1100. The normalized spacial score (nSPS) is 10.8. The fraction of sp³-hybridized carbons (Fsp3) is 0.100. The van der Waals surface area contributed by atoms with Crippen molar-refractivity contribution in [3.63, 3.8) is 0 Å². The quantitative estimate of drug-likeness (QED) is 0.487. The molecule has 2 heterocycles. The first-order chi connectivity index (χ1) is 12.8. The number of rotatable bonds is 5. The lowest BCUT2D eigenvalue weighted by atomic mass is 10.1. The summed E-state index contributed by atoms with van der Waals surface area (Å²) in [5, 5.41) is 1.99. The van der Waals surface area contributed by atoms with Gasteiger partial charge in [-0.1, -0.05) is 24.3 Å². The van der Waals surface area contributed by atoms with Crippen molar-refractivity contribution in [3.8, 4) is 34.0 Å². The molecule has 0 fully saturated rings. The average Bonchev–Trinajstić information content (AvgIpc) is 3.26. The largest absolute Gasteiger partial charge is 0.496 e. The number of benzene rings is 2. The van der Waals surface area contributed by atoms with Gasteiger partial charge in [0.25, 0.3) is 0 Å². The Labute approximate surface area is 154 Å². The van der Waals surface area contributed by atoms with Gasteiger partial charge in [-0.15, -0.1) is 11.3 Å². The molecule has 0 aliphatic rings. The van der Waals surface area contributed by atoms with Crippen LogP contribution in [0.5, 0.6) is 11.5 Å². The number of aromatic nitrogens is 2. The van der Waals surface area contributed by atoms with Crippen LogP contribution in [0.2, 0.25) is 0 Å². The number of carbonyl (C=O) groups is 1. The second-order valence-corrected chi connectivity index (χ2v) is 6.44. The summed E-state index contributed by atoms with van der Waals surface area (Å²) in [4.78, 5) is 17.4. The van der Waals surface area contributed by atoms with Crippen molar-refractivity contribution >= 4 is 22.6 Å². The molecule has 0 N–H and O–H groups in total. The lowest BCUT2D eigenvalue weighted by molar-refractivity contribution is 0.111. The summed E-state index contributed by atoms with van der Waals surface area (Å²) in [6.07, 6.45) is 0.841. The molecular weight excluding hydrogens is 348 g/mol. The van der Waals surface area contributed by atoms with Crippen LogP contribution in [-0.4, -0.2) is 29.9 Å². The number of carbonyl (C=O) groups excluding carboxylic acids is 1. The monoisotopic (exact) mass is 364 g/mol. The van der Waals surface area contributed by atoms with Crippen LogP contribution in [0.1, 0.15) is 10.5 Å². The van der Waals surface area contributed by atoms with Gasteiger partial charge in [0.2, 0.25) is 0 Å². The zero-order chi connectivity index (χ0) is 18.1. The van der Waals surface area contributed by atoms with Gasteiger partial charge in [0.05, 0.1) is 19.9 Å². The van der Waals surface area contributed by atoms with Crippen molar-refractivity contribution in [1.82, 2.24) is 9.38 Å². The number of thiazole rings is 1. The summed E-state index contributed by atoms with van der Waals surface area (Å²) < 4.78 is 12.8. The molecule has 0 unspecified atom stereocenters. The molecular formula is C20H16N2O3S. The highest BCUT2D eigenvalue weighted by Crippen LogP contribution is 2.38. The Morgan fingerprint density at radius 2 is 1.58 bits per heavy atom. The number of aldehydes is 1. The van der Waals surface area contributed by atoms with Gasteiger partial charge >= 0.3 is 0 Å². The average molecular weight is 364 g/mol. The van der Waals surface area contributed by atoms with Crippen LogP contribution in [-0.2, 0) is 0 Å². The van der Waals surface area contributed by atoms with Crippen LogP contribution in [0.25, 0.3) is 27.5 Å². The standard InChI is InChI=1S/C20H16N2O3S/c1-24-17-9-5-3-7-13(17)16-12-26-20-21-19(15(11-23)22(16)20)14-8-4-6-10-18(14)25-2/h3-12H,1-2H3. The van der Waals surface area contributed by atoms with E-state index in [1.54, 1.807) is 14.2 Å². The van der Waals surface area contributed by atoms with Crippen LogP contribution >= 0.6 is 11.3 Å². The molecule has 0 saturated carbocycles. The molecule has 6 heteroatoms. The van der Waals surface area contributed by atoms with Gasteiger partial charge in [-0.3, -0.25) is 9.20 Å². The molecule has 0 spiro atoms. The fourth-order valence-corrected chi connectivity index (χ4v) is 3.97. The first kappa shape index (κ1) is 16.4. The van der Waals surface area contributed by atoms with E-state index in [1.165, 1.54) is 11.3 Å². The third-order valence-corrected chi connectivity index (χ3v) is 5.08. The smallest absolute Gasteiger partial charge is 0.195 e. The van der Waals surface area contributed by atoms with E-state index in [0.717, 1.165) is 33.8 Å². The number of methoxy groups -OCH3 is 2. The first-order valence-electron chi connectivity index (χ1n) is 8.00. The van der Waals surface area contributed by atoms with Crippen LogP contribution < -0.4 is 9.47 Å². The van der Waals surface area contributed by atoms with E-state index in [4.69, 9.17) is 14.5 Å². The van der Waals surface area contributed by atoms with Crippen molar-refractivity contribution in [2.75, 3.05) is 14.2 Å². The van der Waals surface area contributed by atoms with Crippen LogP contribution in [0, 0.1) is 0 Å². The first-order valence-corrected chi connectivity index (χ1v) is 8.88. The zero-order valence-corrected chi connectivity index (χ0v) is 15.1. The van der Waals surface area contributed by atoms with Crippen LogP contribution in [0.3, 0.4) is 0 Å². The van der Waals surface area contributed by atoms with Crippen molar-refractivity contribution in [3.05, 3.63) is 59.6 Å². The molecule has 0 atom stereocenters. The van der Waals surface area contributed by atoms with Crippen molar-refractivity contribution in [2.24, 2.45) is 0 Å². The lowest BCUT2D eigenvalue weighted by Gasteiger charge is -2.09. The minimum absolute atomic E-state index is 0.492. The SMILES string of the molecule is COc1ccccc1-c1nc2scc(-c3ccccc3OC)n2c1C=O. The highest BCUT2D eigenvalue weighted by molar-refractivity contribution is 7.15. The molecule has 0 amide bonds. The molecule has 2 aromatic heterocycles. The predicted octanol–water partition coefficient (Wildman–Crippen LogP) is 4.56. The number of hydrogen-bond acceptors (Lipinski definition) is 5. The third-order valence-electron chi connectivity index (χ3n) is 4.26. The highest BCUT2D eigenvalue weighted by Gasteiger charge is 2.21. The summed E-state index contributed by atoms with van der Waals surface area (Å²) in [7, 11) is 3.25. The van der Waals surface area contributed by atoms with E-state index in [9.17, 15) is 4.79 Å².